The lowest BCUT2D eigenvalue weighted by Crippen LogP contribution is -2.14. The molecular weight excluding hydrogens is 196 g/mol. The van der Waals surface area contributed by atoms with Crippen LogP contribution in [-0.2, 0) is 6.42 Å². The normalized spacial score (nSPS) is 12.4. The van der Waals surface area contributed by atoms with Crippen molar-refractivity contribution in [3.05, 3.63) is 65.5 Å². The van der Waals surface area contributed by atoms with E-state index < -0.39 is 0 Å². The number of aromatic nitrogens is 1. The molecule has 0 saturated heterocycles. The first-order valence-corrected chi connectivity index (χ1v) is 5.48. The Labute approximate surface area is 96.1 Å². The maximum Gasteiger partial charge on any atom is 0.0422 e. The maximum atomic E-state index is 6.16. The molecule has 2 nitrogen and oxygen atoms in total. The molecule has 1 aromatic heterocycles. The molecule has 0 saturated carbocycles. The molecule has 82 valence electrons. The van der Waals surface area contributed by atoms with E-state index in [-0.39, 0.29) is 6.04 Å². The monoisotopic (exact) mass is 212 g/mol. The third-order valence-corrected chi connectivity index (χ3v) is 2.63. The molecule has 16 heavy (non-hydrogen) atoms. The summed E-state index contributed by atoms with van der Waals surface area (Å²) < 4.78 is 0. The molecule has 0 aliphatic heterocycles. The van der Waals surface area contributed by atoms with E-state index in [2.05, 4.69) is 30.1 Å². The third kappa shape index (κ3) is 2.67. The minimum atomic E-state index is 0.0230. The van der Waals surface area contributed by atoms with Crippen molar-refractivity contribution in [3.8, 4) is 0 Å². The summed E-state index contributed by atoms with van der Waals surface area (Å²) in [5.74, 6) is 0. The number of hydrogen-bond acceptors (Lipinski definition) is 2. The van der Waals surface area contributed by atoms with Gasteiger partial charge in [-0.15, -0.1) is 0 Å². The van der Waals surface area contributed by atoms with Crippen molar-refractivity contribution in [3.63, 3.8) is 0 Å². The predicted octanol–water partition coefficient (Wildman–Crippen LogP) is 2.63. The van der Waals surface area contributed by atoms with Gasteiger partial charge in [-0.3, -0.25) is 4.98 Å². The van der Waals surface area contributed by atoms with Crippen LogP contribution in [0.25, 0.3) is 0 Å². The first-order chi connectivity index (χ1) is 7.75. The van der Waals surface area contributed by atoms with Crippen LogP contribution in [0.4, 0.5) is 0 Å². The van der Waals surface area contributed by atoms with Crippen LogP contribution in [0.5, 0.6) is 0 Å². The van der Waals surface area contributed by atoms with Gasteiger partial charge < -0.3 is 5.73 Å². The van der Waals surface area contributed by atoms with Gasteiger partial charge in [0.1, 0.15) is 0 Å². The molecule has 0 spiro atoms. The third-order valence-electron chi connectivity index (χ3n) is 2.63. The lowest BCUT2D eigenvalue weighted by molar-refractivity contribution is 0.706. The maximum absolute atomic E-state index is 6.16. The van der Waals surface area contributed by atoms with Crippen LogP contribution in [-0.4, -0.2) is 4.98 Å². The number of nitrogens with zero attached hydrogens (tertiary/aromatic N) is 1. The zero-order chi connectivity index (χ0) is 11.4. The lowest BCUT2D eigenvalue weighted by atomic mass is 10.0. The van der Waals surface area contributed by atoms with Gasteiger partial charge in [-0.1, -0.05) is 35.9 Å². The number of nitrogens with two attached hydrogens (primary N) is 1. The van der Waals surface area contributed by atoms with Gasteiger partial charge in [-0.2, -0.15) is 0 Å². The Bertz CT molecular complexity index is 451. The smallest absolute Gasteiger partial charge is 0.0422 e. The molecule has 2 rings (SSSR count). The largest absolute Gasteiger partial charge is 0.324 e. The van der Waals surface area contributed by atoms with Crippen molar-refractivity contribution in [1.29, 1.82) is 0 Å². The van der Waals surface area contributed by atoms with E-state index in [4.69, 9.17) is 5.73 Å². The van der Waals surface area contributed by atoms with Crippen molar-refractivity contribution in [1.82, 2.24) is 4.98 Å². The van der Waals surface area contributed by atoms with Gasteiger partial charge in [0.15, 0.2) is 0 Å². The highest BCUT2D eigenvalue weighted by molar-refractivity contribution is 5.25. The average molecular weight is 212 g/mol. The Balaban J connectivity index is 2.12. The zero-order valence-electron chi connectivity index (χ0n) is 9.43. The molecule has 0 bridgehead atoms. The van der Waals surface area contributed by atoms with Crippen LogP contribution in [0.15, 0.2) is 48.7 Å². The van der Waals surface area contributed by atoms with E-state index in [1.807, 2.05) is 24.3 Å². The molecule has 0 aliphatic carbocycles. The summed E-state index contributed by atoms with van der Waals surface area (Å²) in [4.78, 5) is 4.29. The first-order valence-electron chi connectivity index (χ1n) is 5.48. The van der Waals surface area contributed by atoms with Gasteiger partial charge >= 0.3 is 0 Å². The van der Waals surface area contributed by atoms with Crippen LogP contribution in [0, 0.1) is 6.92 Å². The van der Waals surface area contributed by atoms with Crippen LogP contribution in [0.3, 0.4) is 0 Å². The van der Waals surface area contributed by atoms with E-state index in [0.29, 0.717) is 0 Å². The number of aryl methyl sites for hydroxylation is 1. The second kappa shape index (κ2) is 4.90. The van der Waals surface area contributed by atoms with Gasteiger partial charge in [0, 0.05) is 24.4 Å². The fraction of sp³-hybridized carbons (Fsp3) is 0.214. The van der Waals surface area contributed by atoms with E-state index >= 15 is 0 Å². The fourth-order valence-electron chi connectivity index (χ4n) is 1.76. The van der Waals surface area contributed by atoms with Crippen LogP contribution >= 0.6 is 0 Å². The molecule has 1 heterocycles. The fourth-order valence-corrected chi connectivity index (χ4v) is 1.76. The molecular formula is C14H16N2. The Morgan fingerprint density at radius 3 is 2.75 bits per heavy atom. The Morgan fingerprint density at radius 2 is 2.06 bits per heavy atom. The Hall–Kier alpha value is -1.67. The SMILES string of the molecule is Cc1cccc(C(N)Cc2ccccn2)c1. The Morgan fingerprint density at radius 1 is 1.19 bits per heavy atom. The molecule has 1 aromatic carbocycles. The number of hydrogen-bond donors (Lipinski definition) is 1. The van der Waals surface area contributed by atoms with Crippen LogP contribution in [0.2, 0.25) is 0 Å². The van der Waals surface area contributed by atoms with E-state index in [0.717, 1.165) is 12.1 Å². The average Bonchev–Trinajstić information content (AvgIpc) is 2.30. The van der Waals surface area contributed by atoms with Crippen molar-refractivity contribution in [2.75, 3.05) is 0 Å². The summed E-state index contributed by atoms with van der Waals surface area (Å²) in [6, 6.07) is 14.3. The summed E-state index contributed by atoms with van der Waals surface area (Å²) in [5, 5.41) is 0. The molecule has 0 aliphatic rings. The van der Waals surface area contributed by atoms with Crippen molar-refractivity contribution < 1.29 is 0 Å². The summed E-state index contributed by atoms with van der Waals surface area (Å²) in [6.45, 7) is 2.08. The highest BCUT2D eigenvalue weighted by atomic mass is 14.7. The molecule has 1 atom stereocenters. The lowest BCUT2D eigenvalue weighted by Gasteiger charge is -2.12. The summed E-state index contributed by atoms with van der Waals surface area (Å²) in [7, 11) is 0. The van der Waals surface area contributed by atoms with Crippen LogP contribution < -0.4 is 5.73 Å². The van der Waals surface area contributed by atoms with Gasteiger partial charge in [-0.05, 0) is 24.6 Å². The van der Waals surface area contributed by atoms with Gasteiger partial charge in [-0.25, -0.2) is 0 Å². The predicted molar refractivity (Wildman–Crippen MR) is 66.0 cm³/mol. The standard InChI is InChI=1S/C14H16N2/c1-11-5-4-6-12(9-11)14(15)10-13-7-2-3-8-16-13/h2-9,14H,10,15H2,1H3. The van der Waals surface area contributed by atoms with Crippen molar-refractivity contribution >= 4 is 0 Å². The summed E-state index contributed by atoms with van der Waals surface area (Å²) in [5.41, 5.74) is 9.61. The van der Waals surface area contributed by atoms with E-state index in [9.17, 15) is 0 Å². The number of rotatable bonds is 3. The minimum Gasteiger partial charge on any atom is -0.324 e. The second-order valence-electron chi connectivity index (χ2n) is 4.05. The van der Waals surface area contributed by atoms with Crippen molar-refractivity contribution in [2.24, 2.45) is 5.73 Å². The van der Waals surface area contributed by atoms with Crippen molar-refractivity contribution in [2.45, 2.75) is 19.4 Å². The number of benzene rings is 1. The van der Waals surface area contributed by atoms with Gasteiger partial charge in [0.2, 0.25) is 0 Å². The van der Waals surface area contributed by atoms with E-state index in [1.54, 1.807) is 6.20 Å². The summed E-state index contributed by atoms with van der Waals surface area (Å²) in [6.07, 6.45) is 2.59. The highest BCUT2D eigenvalue weighted by Crippen LogP contribution is 2.15. The first kappa shape index (κ1) is 10.8. The topological polar surface area (TPSA) is 38.9 Å². The van der Waals surface area contributed by atoms with E-state index in [1.165, 1.54) is 11.1 Å². The molecule has 1 unspecified atom stereocenters. The molecule has 0 amide bonds. The van der Waals surface area contributed by atoms with Gasteiger partial charge in [0.25, 0.3) is 0 Å². The zero-order valence-corrected chi connectivity index (χ0v) is 9.43. The van der Waals surface area contributed by atoms with Gasteiger partial charge in [0.05, 0.1) is 0 Å². The molecule has 0 radical (unpaired) electrons. The second-order valence-corrected chi connectivity index (χ2v) is 4.05. The highest BCUT2D eigenvalue weighted by Gasteiger charge is 2.07. The molecule has 0 fully saturated rings. The molecule has 2 heteroatoms. The Kier molecular flexibility index (Phi) is 3.32. The summed E-state index contributed by atoms with van der Waals surface area (Å²) >= 11 is 0. The van der Waals surface area contributed by atoms with Crippen LogP contribution in [0.1, 0.15) is 22.9 Å². The number of pyridine rings is 1. The molecule has 2 N–H and O–H groups in total. The molecule has 2 aromatic rings. The quantitative estimate of drug-likeness (QED) is 0.849. The minimum absolute atomic E-state index is 0.0230.